The number of nitrogens with zero attached hydrogens (tertiary/aromatic N) is 2. The Morgan fingerprint density at radius 1 is 1.23 bits per heavy atom. The zero-order valence-electron chi connectivity index (χ0n) is 14.8. The summed E-state index contributed by atoms with van der Waals surface area (Å²) in [6.07, 6.45) is 3.78. The number of amides is 1. The van der Waals surface area contributed by atoms with Gasteiger partial charge in [0, 0.05) is 29.9 Å². The third kappa shape index (κ3) is 4.08. The Bertz CT molecular complexity index is 789. The molecule has 0 bridgehead atoms. The van der Waals surface area contributed by atoms with Crippen LogP contribution in [0.15, 0.2) is 42.6 Å². The van der Waals surface area contributed by atoms with Crippen LogP contribution in [0.4, 0.5) is 0 Å². The minimum atomic E-state index is -0.988. The van der Waals surface area contributed by atoms with Crippen molar-refractivity contribution in [2.24, 2.45) is 0 Å². The second-order valence-corrected chi connectivity index (χ2v) is 6.45. The van der Waals surface area contributed by atoms with Gasteiger partial charge in [0.25, 0.3) is 5.91 Å². The summed E-state index contributed by atoms with van der Waals surface area (Å²) in [6, 6.07) is 10.5. The van der Waals surface area contributed by atoms with E-state index in [2.05, 4.69) is 22.1 Å². The lowest BCUT2D eigenvalue weighted by molar-refractivity contribution is 0.0696. The monoisotopic (exact) mass is 353 g/mol. The molecule has 1 fully saturated rings. The lowest BCUT2D eigenvalue weighted by atomic mass is 10.1. The summed E-state index contributed by atoms with van der Waals surface area (Å²) in [7, 11) is 0. The molecule has 1 aliphatic heterocycles. The lowest BCUT2D eigenvalue weighted by Crippen LogP contribution is -2.40. The van der Waals surface area contributed by atoms with E-state index in [1.165, 1.54) is 24.8 Å². The van der Waals surface area contributed by atoms with E-state index in [0.29, 0.717) is 23.8 Å². The summed E-state index contributed by atoms with van der Waals surface area (Å²) in [5.41, 5.74) is 2.12. The highest BCUT2D eigenvalue weighted by molar-refractivity contribution is 5.94. The molecule has 0 saturated carbocycles. The number of carboxylic acids is 1. The third-order valence-electron chi connectivity index (χ3n) is 4.85. The van der Waals surface area contributed by atoms with Gasteiger partial charge in [0.1, 0.15) is 0 Å². The van der Waals surface area contributed by atoms with E-state index in [1.54, 1.807) is 24.3 Å². The highest BCUT2D eigenvalue weighted by Crippen LogP contribution is 2.19. The minimum Gasteiger partial charge on any atom is -0.478 e. The van der Waals surface area contributed by atoms with Gasteiger partial charge < -0.3 is 10.4 Å². The molecule has 1 atom stereocenters. The van der Waals surface area contributed by atoms with Crippen molar-refractivity contribution in [3.8, 4) is 11.3 Å². The maximum Gasteiger partial charge on any atom is 0.335 e. The van der Waals surface area contributed by atoms with Crippen molar-refractivity contribution in [2.75, 3.05) is 19.6 Å². The normalized spacial score (nSPS) is 17.2. The van der Waals surface area contributed by atoms with E-state index in [9.17, 15) is 9.59 Å². The van der Waals surface area contributed by atoms with Gasteiger partial charge in [-0.2, -0.15) is 0 Å². The molecule has 1 amide bonds. The smallest absolute Gasteiger partial charge is 0.335 e. The van der Waals surface area contributed by atoms with Crippen LogP contribution in [0, 0.1) is 0 Å². The fourth-order valence-corrected chi connectivity index (χ4v) is 3.37. The Hall–Kier alpha value is -2.73. The zero-order valence-corrected chi connectivity index (χ0v) is 14.8. The summed E-state index contributed by atoms with van der Waals surface area (Å²) < 4.78 is 0. The SMILES string of the molecule is CCN1CCC[C@@H]1CNC(=O)c1ccc(-c2cc(C(=O)O)ccn2)cc1. The molecular weight excluding hydrogens is 330 g/mol. The van der Waals surface area contributed by atoms with Crippen molar-refractivity contribution in [2.45, 2.75) is 25.8 Å². The third-order valence-corrected chi connectivity index (χ3v) is 4.85. The standard InChI is InChI=1S/C20H23N3O3/c1-2-23-11-3-4-17(23)13-22-19(24)15-7-5-14(6-8-15)18-12-16(20(25)26)9-10-21-18/h5-10,12,17H,2-4,11,13H2,1H3,(H,22,24)(H,25,26)/t17-/m1/s1. The Morgan fingerprint density at radius 3 is 2.69 bits per heavy atom. The van der Waals surface area contributed by atoms with Crippen molar-refractivity contribution in [3.63, 3.8) is 0 Å². The van der Waals surface area contributed by atoms with Gasteiger partial charge in [0.15, 0.2) is 0 Å². The predicted octanol–water partition coefficient (Wildman–Crippen LogP) is 2.66. The minimum absolute atomic E-state index is 0.0910. The van der Waals surface area contributed by atoms with Crippen molar-refractivity contribution < 1.29 is 14.7 Å². The predicted molar refractivity (Wildman–Crippen MR) is 99.2 cm³/mol. The molecule has 136 valence electrons. The van der Waals surface area contributed by atoms with Crippen LogP contribution < -0.4 is 5.32 Å². The van der Waals surface area contributed by atoms with Crippen LogP contribution in [0.5, 0.6) is 0 Å². The molecule has 0 radical (unpaired) electrons. The van der Waals surface area contributed by atoms with Crippen molar-refractivity contribution in [1.82, 2.24) is 15.2 Å². The lowest BCUT2D eigenvalue weighted by Gasteiger charge is -2.22. The molecule has 3 rings (SSSR count). The van der Waals surface area contributed by atoms with E-state index >= 15 is 0 Å². The fourth-order valence-electron chi connectivity index (χ4n) is 3.37. The van der Waals surface area contributed by atoms with E-state index in [0.717, 1.165) is 25.1 Å². The largest absolute Gasteiger partial charge is 0.478 e. The number of rotatable bonds is 6. The molecule has 6 nitrogen and oxygen atoms in total. The topological polar surface area (TPSA) is 82.5 Å². The highest BCUT2D eigenvalue weighted by atomic mass is 16.4. The molecule has 1 aromatic carbocycles. The highest BCUT2D eigenvalue weighted by Gasteiger charge is 2.23. The number of hydrogen-bond acceptors (Lipinski definition) is 4. The van der Waals surface area contributed by atoms with Crippen LogP contribution >= 0.6 is 0 Å². The van der Waals surface area contributed by atoms with Gasteiger partial charge >= 0.3 is 5.97 Å². The van der Waals surface area contributed by atoms with Crippen LogP contribution in [0.1, 0.15) is 40.5 Å². The summed E-state index contributed by atoms with van der Waals surface area (Å²) >= 11 is 0. The number of carboxylic acid groups (broad SMARTS) is 1. The van der Waals surface area contributed by atoms with Crippen LogP contribution in [0.25, 0.3) is 11.3 Å². The van der Waals surface area contributed by atoms with Gasteiger partial charge in [0.2, 0.25) is 0 Å². The van der Waals surface area contributed by atoms with Crippen LogP contribution in [-0.2, 0) is 0 Å². The average molecular weight is 353 g/mol. The van der Waals surface area contributed by atoms with Gasteiger partial charge in [-0.15, -0.1) is 0 Å². The molecule has 0 spiro atoms. The van der Waals surface area contributed by atoms with Gasteiger partial charge in [-0.1, -0.05) is 19.1 Å². The quantitative estimate of drug-likeness (QED) is 0.834. The number of likely N-dealkylation sites (N-methyl/N-ethyl adjacent to an activating group) is 1. The summed E-state index contributed by atoms with van der Waals surface area (Å²) in [6.45, 7) is 4.93. The number of aromatic carboxylic acids is 1. The molecule has 1 aromatic heterocycles. The number of aromatic nitrogens is 1. The van der Waals surface area contributed by atoms with E-state index in [4.69, 9.17) is 5.11 Å². The molecule has 2 aromatic rings. The first-order chi connectivity index (χ1) is 12.6. The molecule has 2 heterocycles. The summed E-state index contributed by atoms with van der Waals surface area (Å²) in [5.74, 6) is -1.08. The molecule has 0 aliphatic carbocycles. The number of carbonyl (C=O) groups excluding carboxylic acids is 1. The van der Waals surface area contributed by atoms with E-state index in [1.807, 2.05) is 0 Å². The maximum absolute atomic E-state index is 12.4. The molecular formula is C20H23N3O3. The Labute approximate surface area is 152 Å². The Kier molecular flexibility index (Phi) is 5.63. The number of pyridine rings is 1. The molecule has 6 heteroatoms. The first kappa shape index (κ1) is 18.1. The van der Waals surface area contributed by atoms with Crippen LogP contribution in [0.3, 0.4) is 0 Å². The van der Waals surface area contributed by atoms with E-state index < -0.39 is 5.97 Å². The number of hydrogen-bond donors (Lipinski definition) is 2. The second-order valence-electron chi connectivity index (χ2n) is 6.45. The molecule has 26 heavy (non-hydrogen) atoms. The molecule has 2 N–H and O–H groups in total. The molecule has 1 aliphatic rings. The number of carbonyl (C=O) groups is 2. The first-order valence-corrected chi connectivity index (χ1v) is 8.90. The first-order valence-electron chi connectivity index (χ1n) is 8.90. The number of likely N-dealkylation sites (tertiary alicyclic amines) is 1. The molecule has 1 saturated heterocycles. The second kappa shape index (κ2) is 8.10. The van der Waals surface area contributed by atoms with Crippen molar-refractivity contribution >= 4 is 11.9 Å². The van der Waals surface area contributed by atoms with Gasteiger partial charge in [-0.25, -0.2) is 4.79 Å². The van der Waals surface area contributed by atoms with Crippen molar-refractivity contribution in [3.05, 3.63) is 53.7 Å². The Morgan fingerprint density at radius 2 is 2.00 bits per heavy atom. The number of nitrogens with one attached hydrogen (secondary N) is 1. The fraction of sp³-hybridized carbons (Fsp3) is 0.350. The van der Waals surface area contributed by atoms with Crippen molar-refractivity contribution in [1.29, 1.82) is 0 Å². The van der Waals surface area contributed by atoms with Gasteiger partial charge in [-0.05, 0) is 50.2 Å². The van der Waals surface area contributed by atoms with Gasteiger partial charge in [0.05, 0.1) is 11.3 Å². The Balaban J connectivity index is 1.64. The average Bonchev–Trinajstić information content (AvgIpc) is 3.14. The van der Waals surface area contributed by atoms with Crippen LogP contribution in [0.2, 0.25) is 0 Å². The summed E-state index contributed by atoms with van der Waals surface area (Å²) in [5, 5.41) is 12.1. The maximum atomic E-state index is 12.4. The van der Waals surface area contributed by atoms with Gasteiger partial charge in [-0.3, -0.25) is 14.7 Å². The van der Waals surface area contributed by atoms with E-state index in [-0.39, 0.29) is 11.5 Å². The summed E-state index contributed by atoms with van der Waals surface area (Å²) in [4.78, 5) is 30.0. The number of benzene rings is 1. The molecule has 0 unspecified atom stereocenters. The zero-order chi connectivity index (χ0) is 18.5. The van der Waals surface area contributed by atoms with Crippen LogP contribution in [-0.4, -0.2) is 52.5 Å².